The highest BCUT2D eigenvalue weighted by Crippen LogP contribution is 2.30. The van der Waals surface area contributed by atoms with Crippen LogP contribution in [-0.2, 0) is 0 Å². The van der Waals surface area contributed by atoms with Crippen LogP contribution in [0.5, 0.6) is 0 Å². The number of benzene rings is 1. The molecule has 1 aromatic carbocycles. The summed E-state index contributed by atoms with van der Waals surface area (Å²) in [6.07, 6.45) is 5.60. The van der Waals surface area contributed by atoms with E-state index >= 15 is 0 Å². The Labute approximate surface area is 133 Å². The molecule has 5 nitrogen and oxygen atoms in total. The van der Waals surface area contributed by atoms with E-state index in [1.54, 1.807) is 6.20 Å². The van der Waals surface area contributed by atoms with Gasteiger partial charge in [0.15, 0.2) is 0 Å². The highest BCUT2D eigenvalue weighted by Gasteiger charge is 2.17. The summed E-state index contributed by atoms with van der Waals surface area (Å²) in [5, 5.41) is 4.15. The van der Waals surface area contributed by atoms with Crippen LogP contribution in [0.2, 0.25) is 0 Å². The van der Waals surface area contributed by atoms with Gasteiger partial charge in [-0.05, 0) is 29.7 Å². The average molecular weight is 304 g/mol. The van der Waals surface area contributed by atoms with E-state index in [1.807, 2.05) is 47.1 Å². The summed E-state index contributed by atoms with van der Waals surface area (Å²) in [5.41, 5.74) is 3.85. The van der Waals surface area contributed by atoms with Crippen LogP contribution in [0.4, 0.5) is 0 Å². The molecule has 0 radical (unpaired) electrons. The lowest BCUT2D eigenvalue weighted by Crippen LogP contribution is -1.92. The van der Waals surface area contributed by atoms with Crippen molar-refractivity contribution >= 4 is 5.65 Å². The zero-order chi connectivity index (χ0) is 15.8. The molecular formula is C18H16N4O. The second-order valence-corrected chi connectivity index (χ2v) is 5.75. The van der Waals surface area contributed by atoms with Crippen LogP contribution in [0.15, 0.2) is 59.5 Å². The average Bonchev–Trinajstić information content (AvgIpc) is 3.23. The van der Waals surface area contributed by atoms with Crippen molar-refractivity contribution in [1.82, 2.24) is 19.5 Å². The first-order chi connectivity index (χ1) is 11.2. The number of hydrogen-bond donors (Lipinski definition) is 0. The van der Waals surface area contributed by atoms with Gasteiger partial charge in [0.25, 0.3) is 5.89 Å². The van der Waals surface area contributed by atoms with Crippen molar-refractivity contribution in [2.45, 2.75) is 19.8 Å². The van der Waals surface area contributed by atoms with Crippen molar-refractivity contribution in [1.29, 1.82) is 0 Å². The maximum Gasteiger partial charge on any atom is 0.258 e. The highest BCUT2D eigenvalue weighted by molar-refractivity contribution is 5.73. The van der Waals surface area contributed by atoms with E-state index < -0.39 is 0 Å². The summed E-state index contributed by atoms with van der Waals surface area (Å²) < 4.78 is 7.46. The van der Waals surface area contributed by atoms with Crippen LogP contribution >= 0.6 is 0 Å². The Bertz CT molecular complexity index is 968. The van der Waals surface area contributed by atoms with Crippen molar-refractivity contribution in [3.8, 4) is 22.8 Å². The van der Waals surface area contributed by atoms with Crippen LogP contribution in [0, 0.1) is 0 Å². The number of nitrogens with zero attached hydrogens (tertiary/aromatic N) is 4. The fraction of sp³-hybridized carbons (Fsp3) is 0.167. The van der Waals surface area contributed by atoms with Crippen LogP contribution < -0.4 is 0 Å². The van der Waals surface area contributed by atoms with Crippen molar-refractivity contribution in [3.63, 3.8) is 0 Å². The Morgan fingerprint density at radius 2 is 1.83 bits per heavy atom. The fourth-order valence-electron chi connectivity index (χ4n) is 2.76. The van der Waals surface area contributed by atoms with Gasteiger partial charge >= 0.3 is 0 Å². The molecule has 23 heavy (non-hydrogen) atoms. The molecule has 0 spiro atoms. The minimum absolute atomic E-state index is 0.386. The molecule has 4 aromatic rings. The molecule has 0 bridgehead atoms. The lowest BCUT2D eigenvalue weighted by Gasteiger charge is -2.08. The van der Waals surface area contributed by atoms with Gasteiger partial charge in [-0.3, -0.25) is 0 Å². The smallest absolute Gasteiger partial charge is 0.258 e. The molecule has 3 heterocycles. The second-order valence-electron chi connectivity index (χ2n) is 5.75. The van der Waals surface area contributed by atoms with Gasteiger partial charge in [-0.1, -0.05) is 37.2 Å². The van der Waals surface area contributed by atoms with Gasteiger partial charge in [-0.25, -0.2) is 4.98 Å². The third-order valence-electron chi connectivity index (χ3n) is 3.90. The summed E-state index contributed by atoms with van der Waals surface area (Å²) in [6, 6.07) is 12.0. The van der Waals surface area contributed by atoms with Crippen molar-refractivity contribution < 1.29 is 4.52 Å². The maximum atomic E-state index is 5.52. The van der Waals surface area contributed by atoms with Crippen LogP contribution in [0.3, 0.4) is 0 Å². The maximum absolute atomic E-state index is 5.52. The zero-order valence-corrected chi connectivity index (χ0v) is 13.0. The molecule has 0 fully saturated rings. The predicted molar refractivity (Wildman–Crippen MR) is 88.0 cm³/mol. The Morgan fingerprint density at radius 3 is 2.70 bits per heavy atom. The fourth-order valence-corrected chi connectivity index (χ4v) is 2.76. The van der Waals surface area contributed by atoms with Gasteiger partial charge in [0, 0.05) is 24.2 Å². The van der Waals surface area contributed by atoms with E-state index in [0.717, 1.165) is 16.8 Å². The number of fused-ring (bicyclic) bond motifs is 1. The van der Waals surface area contributed by atoms with Gasteiger partial charge in [0.2, 0.25) is 5.82 Å². The van der Waals surface area contributed by atoms with Crippen LogP contribution in [0.25, 0.3) is 28.5 Å². The predicted octanol–water partition coefficient (Wildman–Crippen LogP) is 4.17. The SMILES string of the molecule is CC(C)c1ccccc1-c1nc(-c2cccn3ccnc23)no1. The zero-order valence-electron chi connectivity index (χ0n) is 13.0. The summed E-state index contributed by atoms with van der Waals surface area (Å²) in [6.45, 7) is 4.31. The van der Waals surface area contributed by atoms with E-state index in [4.69, 9.17) is 4.52 Å². The van der Waals surface area contributed by atoms with Crippen molar-refractivity contribution in [3.05, 3.63) is 60.6 Å². The quantitative estimate of drug-likeness (QED) is 0.570. The molecule has 0 aliphatic rings. The molecule has 0 aliphatic carbocycles. The Balaban J connectivity index is 1.83. The molecule has 5 heteroatoms. The first kappa shape index (κ1) is 13.7. The molecule has 0 N–H and O–H groups in total. The highest BCUT2D eigenvalue weighted by atomic mass is 16.5. The van der Waals surface area contributed by atoms with E-state index in [-0.39, 0.29) is 0 Å². The summed E-state index contributed by atoms with van der Waals surface area (Å²) in [5.74, 6) is 1.48. The molecule has 0 amide bonds. The monoisotopic (exact) mass is 304 g/mol. The van der Waals surface area contributed by atoms with Crippen molar-refractivity contribution in [2.75, 3.05) is 0 Å². The molecule has 114 valence electrons. The molecule has 0 aliphatic heterocycles. The number of imidazole rings is 1. The van der Waals surface area contributed by atoms with Crippen LogP contribution in [0.1, 0.15) is 25.3 Å². The van der Waals surface area contributed by atoms with E-state index in [1.165, 1.54) is 5.56 Å². The lowest BCUT2D eigenvalue weighted by atomic mass is 9.97. The first-order valence-corrected chi connectivity index (χ1v) is 7.59. The lowest BCUT2D eigenvalue weighted by molar-refractivity contribution is 0.432. The number of rotatable bonds is 3. The number of pyridine rings is 1. The minimum atomic E-state index is 0.386. The topological polar surface area (TPSA) is 56.2 Å². The van der Waals surface area contributed by atoms with Gasteiger partial charge in [-0.2, -0.15) is 4.98 Å². The Hall–Kier alpha value is -2.95. The summed E-state index contributed by atoms with van der Waals surface area (Å²) >= 11 is 0. The molecule has 0 atom stereocenters. The molecule has 4 rings (SSSR count). The molecule has 0 saturated heterocycles. The molecule has 3 aromatic heterocycles. The number of hydrogen-bond acceptors (Lipinski definition) is 4. The Morgan fingerprint density at radius 1 is 1.00 bits per heavy atom. The third kappa shape index (κ3) is 2.30. The second kappa shape index (κ2) is 5.35. The normalized spacial score (nSPS) is 11.4. The van der Waals surface area contributed by atoms with Gasteiger partial charge in [-0.15, -0.1) is 0 Å². The Kier molecular flexibility index (Phi) is 3.19. The van der Waals surface area contributed by atoms with Gasteiger partial charge in [0.1, 0.15) is 5.65 Å². The molecule has 0 saturated carbocycles. The summed E-state index contributed by atoms with van der Waals surface area (Å²) in [4.78, 5) is 8.96. The standard InChI is InChI=1S/C18H16N4O/c1-12(2)13-6-3-4-7-14(13)18-20-16(21-23-18)15-8-5-10-22-11-9-19-17(15)22/h3-12H,1-2H3. The minimum Gasteiger partial charge on any atom is -0.334 e. The van der Waals surface area contributed by atoms with Crippen molar-refractivity contribution in [2.24, 2.45) is 0 Å². The van der Waals surface area contributed by atoms with E-state index in [9.17, 15) is 0 Å². The first-order valence-electron chi connectivity index (χ1n) is 7.59. The molecular weight excluding hydrogens is 288 g/mol. The third-order valence-corrected chi connectivity index (χ3v) is 3.90. The van der Waals surface area contributed by atoms with E-state index in [0.29, 0.717) is 17.6 Å². The van der Waals surface area contributed by atoms with Gasteiger partial charge in [0.05, 0.1) is 5.56 Å². The number of aromatic nitrogens is 4. The van der Waals surface area contributed by atoms with Crippen LogP contribution in [-0.4, -0.2) is 19.5 Å². The summed E-state index contributed by atoms with van der Waals surface area (Å²) in [7, 11) is 0. The van der Waals surface area contributed by atoms with E-state index in [2.05, 4.69) is 35.0 Å². The van der Waals surface area contributed by atoms with Gasteiger partial charge < -0.3 is 8.92 Å². The molecule has 0 unspecified atom stereocenters. The largest absolute Gasteiger partial charge is 0.334 e.